The molecule has 2 heterocycles. The van der Waals surface area contributed by atoms with Crippen molar-refractivity contribution in [3.05, 3.63) is 71.8 Å². The molecule has 0 aromatic heterocycles. The Labute approximate surface area is 325 Å². The molecule has 0 radical (unpaired) electrons. The Balaban J connectivity index is 0.894. The maximum absolute atomic E-state index is 13.1. The van der Waals surface area contributed by atoms with Crippen molar-refractivity contribution < 1.29 is 28.7 Å². The lowest BCUT2D eigenvalue weighted by Crippen LogP contribution is -2.53. The molecular formula is C38H52N12O6. The number of amides is 6. The molecule has 4 atom stereocenters. The summed E-state index contributed by atoms with van der Waals surface area (Å²) in [7, 11) is 0. The summed E-state index contributed by atoms with van der Waals surface area (Å²) < 4.78 is 11.7. The molecule has 5 aliphatic rings. The van der Waals surface area contributed by atoms with Gasteiger partial charge in [0.05, 0.1) is 24.6 Å². The van der Waals surface area contributed by atoms with Crippen molar-refractivity contribution >= 4 is 47.5 Å². The minimum absolute atomic E-state index is 0.0227. The van der Waals surface area contributed by atoms with Crippen molar-refractivity contribution in [3.8, 4) is 0 Å². The van der Waals surface area contributed by atoms with Gasteiger partial charge in [0.1, 0.15) is 0 Å². The van der Waals surface area contributed by atoms with E-state index in [1.165, 1.54) is 0 Å². The SMILES string of the molecule is NC(N)=Nc1ccc(CNC(=O)N2CCN(C(=O)OC[C@H]3C4C=CC(CC4)[C@@H]3COC(=O)N3CCN(C(=O)NCc4ccc(N=C(N)N)cc4)CC3)CC2)cc1. The van der Waals surface area contributed by atoms with Gasteiger partial charge in [-0.25, -0.2) is 29.2 Å². The van der Waals surface area contributed by atoms with Gasteiger partial charge in [-0.1, -0.05) is 36.4 Å². The highest BCUT2D eigenvalue weighted by Gasteiger charge is 2.42. The largest absolute Gasteiger partial charge is 0.449 e. The number of benzene rings is 2. The maximum Gasteiger partial charge on any atom is 0.409 e. The second kappa shape index (κ2) is 18.4. The molecule has 2 unspecified atom stereocenters. The van der Waals surface area contributed by atoms with Gasteiger partial charge in [-0.05, 0) is 60.1 Å². The first kappa shape index (κ1) is 39.5. The molecule has 2 aromatic carbocycles. The summed E-state index contributed by atoms with van der Waals surface area (Å²) in [6.45, 7) is 4.13. The highest BCUT2D eigenvalue weighted by atomic mass is 16.6. The van der Waals surface area contributed by atoms with E-state index >= 15 is 0 Å². The van der Waals surface area contributed by atoms with Crippen molar-refractivity contribution in [1.82, 2.24) is 30.2 Å². The molecule has 18 heteroatoms. The van der Waals surface area contributed by atoms with Crippen molar-refractivity contribution in [2.45, 2.75) is 25.9 Å². The van der Waals surface area contributed by atoms with Crippen LogP contribution in [0.15, 0.2) is 70.7 Å². The van der Waals surface area contributed by atoms with Crippen molar-refractivity contribution in [2.75, 3.05) is 65.6 Å². The van der Waals surface area contributed by atoms with Gasteiger partial charge in [0.2, 0.25) is 0 Å². The summed E-state index contributed by atoms with van der Waals surface area (Å²) in [6, 6.07) is 14.0. The van der Waals surface area contributed by atoms with Gasteiger partial charge in [0, 0.05) is 77.3 Å². The average Bonchev–Trinajstić information content (AvgIpc) is 3.21. The number of fused-ring (bicyclic) bond motifs is 2. The van der Waals surface area contributed by atoms with E-state index in [1.54, 1.807) is 43.9 Å². The molecule has 2 bridgehead atoms. The molecular weight excluding hydrogens is 720 g/mol. The molecule has 2 saturated heterocycles. The van der Waals surface area contributed by atoms with Crippen molar-refractivity contribution in [1.29, 1.82) is 0 Å². The Kier molecular flexibility index (Phi) is 13.0. The van der Waals surface area contributed by atoms with Gasteiger partial charge >= 0.3 is 24.2 Å². The molecule has 2 aliphatic heterocycles. The van der Waals surface area contributed by atoms with Crippen LogP contribution in [-0.4, -0.2) is 121 Å². The third-order valence-corrected chi connectivity index (χ3v) is 10.8. The quantitative estimate of drug-likeness (QED) is 0.116. The lowest BCUT2D eigenvalue weighted by atomic mass is 9.63. The number of piperazine rings is 2. The van der Waals surface area contributed by atoms with E-state index in [0.717, 1.165) is 24.0 Å². The van der Waals surface area contributed by atoms with Gasteiger partial charge < -0.3 is 62.6 Å². The standard InChI is InChI=1S/C38H52N12O6/c39-33(40)45-29-9-1-25(2-10-29)21-43-35(51)47-13-17-49(18-14-47)37(53)55-23-31-27-5-7-28(8-6-27)32(31)24-56-38(54)50-19-15-48(16-20-50)36(52)44-22-26-3-11-30(12-4-26)46-34(41)42/h1-5,7,9-12,27-28,31-32H,6,8,13-24H2,(H,43,51)(H,44,52)(H4,39,40,45)(H4,41,42,46)/t27?,28?,31-,32-/m0/s1. The number of carbonyl (C=O) groups excluding carboxylic acids is 4. The first-order valence-corrected chi connectivity index (χ1v) is 19.0. The molecule has 56 heavy (non-hydrogen) atoms. The minimum atomic E-state index is -0.408. The van der Waals surface area contributed by atoms with Crippen LogP contribution < -0.4 is 33.6 Å². The molecule has 300 valence electrons. The highest BCUT2D eigenvalue weighted by Crippen LogP contribution is 2.45. The zero-order valence-corrected chi connectivity index (χ0v) is 31.4. The number of hydrogen-bond acceptors (Lipinski definition) is 8. The van der Waals surface area contributed by atoms with E-state index in [0.29, 0.717) is 76.8 Å². The fraction of sp³-hybridized carbons (Fsp3) is 0.474. The highest BCUT2D eigenvalue weighted by molar-refractivity contribution is 5.79. The number of carbonyl (C=O) groups is 4. The smallest absolute Gasteiger partial charge is 0.409 e. The first-order valence-electron chi connectivity index (χ1n) is 19.0. The summed E-state index contributed by atoms with van der Waals surface area (Å²) >= 11 is 0. The number of guanidine groups is 2. The molecule has 18 nitrogen and oxygen atoms in total. The van der Waals surface area contributed by atoms with Crippen LogP contribution in [0.4, 0.5) is 30.6 Å². The molecule has 1 saturated carbocycles. The number of ether oxygens (including phenoxy) is 2. The second-order valence-electron chi connectivity index (χ2n) is 14.4. The summed E-state index contributed by atoms with van der Waals surface area (Å²) in [5, 5.41) is 5.84. The number of urea groups is 2. The number of nitrogens with two attached hydrogens (primary N) is 4. The Morgan fingerprint density at radius 2 is 0.893 bits per heavy atom. The predicted octanol–water partition coefficient (Wildman–Crippen LogP) is 1.95. The van der Waals surface area contributed by atoms with E-state index in [1.807, 2.05) is 24.3 Å². The van der Waals surface area contributed by atoms with Crippen LogP contribution in [-0.2, 0) is 22.6 Å². The Morgan fingerprint density at radius 1 is 0.554 bits per heavy atom. The molecule has 0 spiro atoms. The molecule has 3 aliphatic carbocycles. The van der Waals surface area contributed by atoms with Gasteiger partial charge in [-0.2, -0.15) is 0 Å². The van der Waals surface area contributed by atoms with E-state index < -0.39 is 12.2 Å². The first-order chi connectivity index (χ1) is 27.0. The van der Waals surface area contributed by atoms with Crippen LogP contribution in [0.5, 0.6) is 0 Å². The molecule has 7 rings (SSSR count). The predicted molar refractivity (Wildman–Crippen MR) is 210 cm³/mol. The van der Waals surface area contributed by atoms with E-state index in [9.17, 15) is 19.2 Å². The lowest BCUT2D eigenvalue weighted by Gasteiger charge is -2.44. The zero-order valence-electron chi connectivity index (χ0n) is 31.4. The minimum Gasteiger partial charge on any atom is -0.449 e. The summed E-state index contributed by atoms with van der Waals surface area (Å²) in [6.07, 6.45) is 5.58. The summed E-state index contributed by atoms with van der Waals surface area (Å²) in [5.41, 5.74) is 24.7. The van der Waals surface area contributed by atoms with E-state index in [-0.39, 0.29) is 60.9 Å². The van der Waals surface area contributed by atoms with Gasteiger partial charge in [0.15, 0.2) is 11.9 Å². The normalized spacial score (nSPS) is 21.5. The zero-order chi connectivity index (χ0) is 39.6. The monoisotopic (exact) mass is 772 g/mol. The molecule has 10 N–H and O–H groups in total. The topological polar surface area (TPSA) is 253 Å². The number of aliphatic imine (C=N–C) groups is 2. The number of allylic oxidation sites excluding steroid dienone is 2. The third-order valence-electron chi connectivity index (χ3n) is 10.8. The Bertz CT molecular complexity index is 1650. The average molecular weight is 773 g/mol. The van der Waals surface area contributed by atoms with Crippen LogP contribution in [0.3, 0.4) is 0 Å². The van der Waals surface area contributed by atoms with Crippen molar-refractivity contribution in [3.63, 3.8) is 0 Å². The number of nitrogens with one attached hydrogen (secondary N) is 2. The van der Waals surface area contributed by atoms with Crippen LogP contribution in [0.25, 0.3) is 0 Å². The van der Waals surface area contributed by atoms with Gasteiger partial charge in [-0.3, -0.25) is 0 Å². The van der Waals surface area contributed by atoms with Gasteiger partial charge in [0.25, 0.3) is 0 Å². The van der Waals surface area contributed by atoms with Crippen LogP contribution in [0, 0.1) is 23.7 Å². The Morgan fingerprint density at radius 3 is 1.21 bits per heavy atom. The van der Waals surface area contributed by atoms with Crippen LogP contribution in [0.2, 0.25) is 0 Å². The van der Waals surface area contributed by atoms with E-state index in [2.05, 4.69) is 32.8 Å². The Hall–Kier alpha value is -6.20. The second-order valence-corrected chi connectivity index (χ2v) is 14.4. The van der Waals surface area contributed by atoms with E-state index in [4.69, 9.17) is 32.4 Å². The summed E-state index contributed by atoms with van der Waals surface area (Å²) in [4.78, 5) is 66.5. The van der Waals surface area contributed by atoms with Crippen LogP contribution >= 0.6 is 0 Å². The number of hydrogen-bond donors (Lipinski definition) is 6. The molecule has 3 fully saturated rings. The number of rotatable bonds is 10. The fourth-order valence-electron chi connectivity index (χ4n) is 7.66. The summed E-state index contributed by atoms with van der Waals surface area (Å²) in [5.74, 6) is 0.478. The lowest BCUT2D eigenvalue weighted by molar-refractivity contribution is -0.00669. The van der Waals surface area contributed by atoms with Crippen molar-refractivity contribution in [2.24, 2.45) is 56.6 Å². The fourth-order valence-corrected chi connectivity index (χ4v) is 7.66. The number of nitrogens with zero attached hydrogens (tertiary/aromatic N) is 6. The third kappa shape index (κ3) is 10.5. The molecule has 6 amide bonds. The van der Waals surface area contributed by atoms with Crippen LogP contribution in [0.1, 0.15) is 24.0 Å². The maximum atomic E-state index is 13.1. The molecule has 2 aromatic rings. The van der Waals surface area contributed by atoms with Gasteiger partial charge in [-0.15, -0.1) is 0 Å².